The van der Waals surface area contributed by atoms with Crippen LogP contribution in [-0.2, 0) is 0 Å². The van der Waals surface area contributed by atoms with Crippen molar-refractivity contribution in [3.8, 4) is 5.75 Å². The molecule has 0 aliphatic heterocycles. The van der Waals surface area contributed by atoms with E-state index in [0.29, 0.717) is 11.3 Å². The van der Waals surface area contributed by atoms with E-state index in [1.807, 2.05) is 0 Å². The van der Waals surface area contributed by atoms with Gasteiger partial charge < -0.3 is 15.2 Å². The third-order valence-corrected chi connectivity index (χ3v) is 3.51. The zero-order valence-electron chi connectivity index (χ0n) is 11.8. The Bertz CT molecular complexity index is 678. The number of methoxy groups -OCH3 is 1. The Morgan fingerprint density at radius 2 is 2.09 bits per heavy atom. The van der Waals surface area contributed by atoms with Gasteiger partial charge in [-0.2, -0.15) is 0 Å². The second-order valence-electron chi connectivity index (χ2n) is 4.60. The summed E-state index contributed by atoms with van der Waals surface area (Å²) in [5.74, 6) is -0.606. The van der Waals surface area contributed by atoms with Crippen molar-refractivity contribution < 1.29 is 19.0 Å². The van der Waals surface area contributed by atoms with Crippen molar-refractivity contribution in [3.63, 3.8) is 0 Å². The van der Waals surface area contributed by atoms with Crippen molar-refractivity contribution in [2.75, 3.05) is 13.7 Å². The number of hydrogen-bond donors (Lipinski definition) is 2. The molecule has 0 aliphatic rings. The lowest BCUT2D eigenvalue weighted by Gasteiger charge is -2.13. The van der Waals surface area contributed by atoms with E-state index < -0.39 is 17.8 Å². The average molecular weight is 324 g/mol. The summed E-state index contributed by atoms with van der Waals surface area (Å²) in [6, 6.07) is 10.9. The summed E-state index contributed by atoms with van der Waals surface area (Å²) in [5.41, 5.74) is 0.629. The summed E-state index contributed by atoms with van der Waals surface area (Å²) in [6.45, 7) is -0.0289. The molecule has 1 amide bonds. The van der Waals surface area contributed by atoms with Crippen LogP contribution < -0.4 is 10.1 Å². The summed E-state index contributed by atoms with van der Waals surface area (Å²) in [4.78, 5) is 12.0. The van der Waals surface area contributed by atoms with Gasteiger partial charge in [-0.15, -0.1) is 0 Å². The maximum Gasteiger partial charge on any atom is 0.253 e. The van der Waals surface area contributed by atoms with Gasteiger partial charge in [0, 0.05) is 6.54 Å². The fourth-order valence-corrected chi connectivity index (χ4v) is 2.14. The molecule has 2 rings (SSSR count). The first-order valence-corrected chi connectivity index (χ1v) is 6.95. The van der Waals surface area contributed by atoms with Crippen molar-refractivity contribution in [3.05, 3.63) is 64.4 Å². The molecule has 4 nitrogen and oxygen atoms in total. The molecule has 6 heteroatoms. The van der Waals surface area contributed by atoms with Crippen LogP contribution in [0, 0.1) is 5.82 Å². The van der Waals surface area contributed by atoms with Crippen LogP contribution in [-0.4, -0.2) is 24.7 Å². The van der Waals surface area contributed by atoms with Crippen LogP contribution in [0.5, 0.6) is 5.75 Å². The van der Waals surface area contributed by atoms with Gasteiger partial charge in [-0.05, 0) is 29.8 Å². The molecule has 2 N–H and O–H groups in total. The van der Waals surface area contributed by atoms with Gasteiger partial charge in [-0.3, -0.25) is 4.79 Å². The van der Waals surface area contributed by atoms with Crippen molar-refractivity contribution >= 4 is 17.5 Å². The highest BCUT2D eigenvalue weighted by Crippen LogP contribution is 2.21. The number of hydrogen-bond acceptors (Lipinski definition) is 3. The summed E-state index contributed by atoms with van der Waals surface area (Å²) in [6.07, 6.45) is -0.911. The van der Waals surface area contributed by atoms with Gasteiger partial charge in [-0.25, -0.2) is 4.39 Å². The minimum absolute atomic E-state index is 0.0273. The Morgan fingerprint density at radius 1 is 1.36 bits per heavy atom. The van der Waals surface area contributed by atoms with E-state index in [2.05, 4.69) is 5.32 Å². The first-order valence-electron chi connectivity index (χ1n) is 6.57. The predicted octanol–water partition coefficient (Wildman–Crippen LogP) is 2.95. The van der Waals surface area contributed by atoms with Crippen LogP contribution in [0.3, 0.4) is 0 Å². The summed E-state index contributed by atoms with van der Waals surface area (Å²) >= 11 is 5.75. The normalized spacial score (nSPS) is 11.8. The SMILES string of the molecule is COc1cccc(C(O)CNC(=O)c2cccc(F)c2Cl)c1. The van der Waals surface area contributed by atoms with Gasteiger partial charge >= 0.3 is 0 Å². The topological polar surface area (TPSA) is 58.6 Å². The minimum atomic E-state index is -0.911. The quantitative estimate of drug-likeness (QED) is 0.889. The van der Waals surface area contributed by atoms with Gasteiger partial charge in [0.1, 0.15) is 11.6 Å². The smallest absolute Gasteiger partial charge is 0.253 e. The van der Waals surface area contributed by atoms with Crippen molar-refractivity contribution in [1.82, 2.24) is 5.32 Å². The van der Waals surface area contributed by atoms with Gasteiger partial charge in [0.25, 0.3) is 5.91 Å². The van der Waals surface area contributed by atoms with Crippen LogP contribution in [0.1, 0.15) is 22.0 Å². The molecule has 0 heterocycles. The molecule has 0 aromatic heterocycles. The number of carbonyl (C=O) groups is 1. The van der Waals surface area contributed by atoms with Gasteiger partial charge in [0.2, 0.25) is 0 Å². The molecule has 0 saturated heterocycles. The molecule has 0 bridgehead atoms. The molecule has 22 heavy (non-hydrogen) atoms. The monoisotopic (exact) mass is 323 g/mol. The maximum absolute atomic E-state index is 13.3. The number of benzene rings is 2. The van der Waals surface area contributed by atoms with E-state index in [4.69, 9.17) is 16.3 Å². The predicted molar refractivity (Wildman–Crippen MR) is 81.7 cm³/mol. The number of aliphatic hydroxyl groups is 1. The average Bonchev–Trinajstić information content (AvgIpc) is 2.54. The second-order valence-corrected chi connectivity index (χ2v) is 4.98. The second kappa shape index (κ2) is 7.24. The Balaban J connectivity index is 2.02. The summed E-state index contributed by atoms with van der Waals surface area (Å²) in [5, 5.41) is 12.4. The fraction of sp³-hybridized carbons (Fsp3) is 0.188. The summed E-state index contributed by atoms with van der Waals surface area (Å²) in [7, 11) is 1.53. The molecule has 0 fully saturated rings. The zero-order chi connectivity index (χ0) is 16.1. The molecule has 1 atom stereocenters. The molecule has 1 unspecified atom stereocenters. The maximum atomic E-state index is 13.3. The summed E-state index contributed by atoms with van der Waals surface area (Å²) < 4.78 is 18.4. The third-order valence-electron chi connectivity index (χ3n) is 3.13. The lowest BCUT2D eigenvalue weighted by Crippen LogP contribution is -2.28. The molecule has 0 saturated carbocycles. The van der Waals surface area contributed by atoms with E-state index >= 15 is 0 Å². The number of aliphatic hydroxyl groups excluding tert-OH is 1. The molecule has 0 radical (unpaired) electrons. The van der Waals surface area contributed by atoms with Gasteiger partial charge in [0.15, 0.2) is 0 Å². The van der Waals surface area contributed by atoms with Gasteiger partial charge in [-0.1, -0.05) is 29.8 Å². The third kappa shape index (κ3) is 3.75. The van der Waals surface area contributed by atoms with Crippen LogP contribution >= 0.6 is 11.6 Å². The van der Waals surface area contributed by atoms with Crippen LogP contribution in [0.25, 0.3) is 0 Å². The highest BCUT2D eigenvalue weighted by Gasteiger charge is 2.15. The standard InChI is InChI=1S/C16H15ClFNO3/c1-22-11-5-2-4-10(8-11)14(20)9-19-16(21)12-6-3-7-13(18)15(12)17/h2-8,14,20H,9H2,1H3,(H,19,21). The molecule has 0 aliphatic carbocycles. The van der Waals surface area contributed by atoms with Gasteiger partial charge in [0.05, 0.1) is 23.8 Å². The van der Waals surface area contributed by atoms with E-state index in [9.17, 15) is 14.3 Å². The van der Waals surface area contributed by atoms with Crippen molar-refractivity contribution in [1.29, 1.82) is 0 Å². The van der Waals surface area contributed by atoms with E-state index in [0.717, 1.165) is 0 Å². The molecular formula is C16H15ClFNO3. The molecule has 2 aromatic rings. The Labute approximate surface area is 132 Å². The first kappa shape index (κ1) is 16.3. The van der Waals surface area contributed by atoms with Crippen LogP contribution in [0.2, 0.25) is 5.02 Å². The Hall–Kier alpha value is -2.11. The highest BCUT2D eigenvalue weighted by molar-refractivity contribution is 6.34. The largest absolute Gasteiger partial charge is 0.497 e. The zero-order valence-corrected chi connectivity index (χ0v) is 12.6. The van der Waals surface area contributed by atoms with Crippen LogP contribution in [0.4, 0.5) is 4.39 Å². The fourth-order valence-electron chi connectivity index (χ4n) is 1.93. The van der Waals surface area contributed by atoms with Crippen molar-refractivity contribution in [2.24, 2.45) is 0 Å². The number of amides is 1. The number of rotatable bonds is 5. The van der Waals surface area contributed by atoms with E-state index in [1.54, 1.807) is 24.3 Å². The lowest BCUT2D eigenvalue weighted by molar-refractivity contribution is 0.0916. The van der Waals surface area contributed by atoms with Crippen molar-refractivity contribution in [2.45, 2.75) is 6.10 Å². The number of halogens is 2. The molecule has 116 valence electrons. The Morgan fingerprint density at radius 3 is 2.82 bits per heavy atom. The highest BCUT2D eigenvalue weighted by atomic mass is 35.5. The number of ether oxygens (including phenoxy) is 1. The van der Waals surface area contributed by atoms with E-state index in [-0.39, 0.29) is 17.1 Å². The molecule has 0 spiro atoms. The number of nitrogens with one attached hydrogen (secondary N) is 1. The molecule has 2 aromatic carbocycles. The Kier molecular flexibility index (Phi) is 5.35. The van der Waals surface area contributed by atoms with Crippen LogP contribution in [0.15, 0.2) is 42.5 Å². The van der Waals surface area contributed by atoms with E-state index in [1.165, 1.54) is 25.3 Å². The number of carbonyl (C=O) groups excluding carboxylic acids is 1. The minimum Gasteiger partial charge on any atom is -0.497 e. The molecular weight excluding hydrogens is 309 g/mol. The first-order chi connectivity index (χ1) is 10.5. The lowest BCUT2D eigenvalue weighted by atomic mass is 10.1.